The number of nitrogens with one attached hydrogen (secondary N) is 1. The van der Waals surface area contributed by atoms with E-state index in [1.165, 1.54) is 12.3 Å². The van der Waals surface area contributed by atoms with Crippen LogP contribution in [0.1, 0.15) is 40.8 Å². The lowest BCUT2D eigenvalue weighted by Crippen LogP contribution is -2.10. The Kier molecular flexibility index (Phi) is 5.02. The highest BCUT2D eigenvalue weighted by Crippen LogP contribution is 2.37. The molecule has 0 radical (unpaired) electrons. The van der Waals surface area contributed by atoms with Crippen molar-refractivity contribution in [1.82, 2.24) is 9.97 Å². The standard InChI is InChI=1S/C14H16F2N4OS/c1-3-4-18-10-5-8(12(15)16)9(6-19-10)11-7(2)20-14(22-11)13(17)21/h5-6,12H,3-4H2,1-2H3,(H2,17,21)(H,18,19). The second-order valence-corrected chi connectivity index (χ2v) is 5.68. The van der Waals surface area contributed by atoms with E-state index < -0.39 is 12.3 Å². The molecular formula is C14H16F2N4OS. The van der Waals surface area contributed by atoms with Gasteiger partial charge in [0, 0.05) is 23.9 Å². The summed E-state index contributed by atoms with van der Waals surface area (Å²) in [7, 11) is 0. The van der Waals surface area contributed by atoms with Gasteiger partial charge in [-0.15, -0.1) is 11.3 Å². The van der Waals surface area contributed by atoms with Crippen LogP contribution in [0.5, 0.6) is 0 Å². The number of halogens is 2. The summed E-state index contributed by atoms with van der Waals surface area (Å²) in [4.78, 5) is 19.8. The topological polar surface area (TPSA) is 80.9 Å². The number of thiazole rings is 1. The van der Waals surface area contributed by atoms with Gasteiger partial charge in [0.15, 0.2) is 5.01 Å². The van der Waals surface area contributed by atoms with Gasteiger partial charge in [0.05, 0.1) is 10.6 Å². The largest absolute Gasteiger partial charge is 0.370 e. The number of rotatable bonds is 6. The molecule has 0 saturated heterocycles. The van der Waals surface area contributed by atoms with Gasteiger partial charge in [-0.1, -0.05) is 6.92 Å². The van der Waals surface area contributed by atoms with Crippen LogP contribution in [-0.2, 0) is 0 Å². The lowest BCUT2D eigenvalue weighted by Gasteiger charge is -2.11. The SMILES string of the molecule is CCCNc1cc(C(F)F)c(-c2sc(C(N)=O)nc2C)cn1. The molecular weight excluding hydrogens is 310 g/mol. The van der Waals surface area contributed by atoms with E-state index in [0.717, 1.165) is 17.8 Å². The van der Waals surface area contributed by atoms with Crippen molar-refractivity contribution in [3.05, 3.63) is 28.5 Å². The van der Waals surface area contributed by atoms with Crippen LogP contribution >= 0.6 is 11.3 Å². The van der Waals surface area contributed by atoms with E-state index in [1.807, 2.05) is 6.92 Å². The monoisotopic (exact) mass is 326 g/mol. The van der Waals surface area contributed by atoms with Crippen LogP contribution in [0.25, 0.3) is 10.4 Å². The van der Waals surface area contributed by atoms with Crippen LogP contribution in [0.4, 0.5) is 14.6 Å². The third-order valence-corrected chi connectivity index (χ3v) is 4.18. The Labute approximate surface area is 130 Å². The summed E-state index contributed by atoms with van der Waals surface area (Å²) >= 11 is 0.997. The third-order valence-electron chi connectivity index (χ3n) is 2.98. The van der Waals surface area contributed by atoms with Crippen molar-refractivity contribution >= 4 is 23.1 Å². The molecule has 2 aromatic rings. The molecule has 0 unspecified atom stereocenters. The highest BCUT2D eigenvalue weighted by molar-refractivity contribution is 7.17. The lowest BCUT2D eigenvalue weighted by molar-refractivity contribution is 0.0999. The van der Waals surface area contributed by atoms with Gasteiger partial charge in [-0.05, 0) is 19.4 Å². The molecule has 2 heterocycles. The summed E-state index contributed by atoms with van der Waals surface area (Å²) in [6, 6.07) is 1.33. The fourth-order valence-electron chi connectivity index (χ4n) is 1.94. The minimum atomic E-state index is -2.65. The maximum atomic E-state index is 13.3. The summed E-state index contributed by atoms with van der Waals surface area (Å²) in [6.45, 7) is 4.28. The zero-order chi connectivity index (χ0) is 16.3. The van der Waals surface area contributed by atoms with E-state index in [2.05, 4.69) is 15.3 Å². The van der Waals surface area contributed by atoms with E-state index in [9.17, 15) is 13.6 Å². The van der Waals surface area contributed by atoms with E-state index >= 15 is 0 Å². The number of pyridine rings is 1. The Morgan fingerprint density at radius 3 is 2.77 bits per heavy atom. The molecule has 2 rings (SSSR count). The van der Waals surface area contributed by atoms with Crippen LogP contribution < -0.4 is 11.1 Å². The number of aromatic nitrogens is 2. The Morgan fingerprint density at radius 2 is 2.23 bits per heavy atom. The molecule has 2 aromatic heterocycles. The molecule has 0 saturated carbocycles. The predicted molar refractivity (Wildman–Crippen MR) is 82.3 cm³/mol. The van der Waals surface area contributed by atoms with Gasteiger partial charge in [0.25, 0.3) is 12.3 Å². The Bertz CT molecular complexity index is 687. The van der Waals surface area contributed by atoms with Gasteiger partial charge >= 0.3 is 0 Å². The summed E-state index contributed by atoms with van der Waals surface area (Å²) in [5.74, 6) is -0.273. The maximum Gasteiger partial charge on any atom is 0.277 e. The second kappa shape index (κ2) is 6.78. The van der Waals surface area contributed by atoms with Gasteiger partial charge in [-0.3, -0.25) is 4.79 Å². The molecule has 1 amide bonds. The summed E-state index contributed by atoms with van der Waals surface area (Å²) in [5.41, 5.74) is 5.80. The number of aryl methyl sites for hydroxylation is 1. The molecule has 0 aliphatic rings. The number of anilines is 1. The van der Waals surface area contributed by atoms with Crippen molar-refractivity contribution < 1.29 is 13.6 Å². The first-order valence-electron chi connectivity index (χ1n) is 6.73. The van der Waals surface area contributed by atoms with Crippen LogP contribution in [0.15, 0.2) is 12.3 Å². The molecule has 118 valence electrons. The number of carbonyl (C=O) groups is 1. The first-order valence-corrected chi connectivity index (χ1v) is 7.55. The molecule has 0 bridgehead atoms. The average Bonchev–Trinajstić information content (AvgIpc) is 2.87. The summed E-state index contributed by atoms with van der Waals surface area (Å²) in [6.07, 6.45) is -0.410. The number of alkyl halides is 2. The zero-order valence-electron chi connectivity index (χ0n) is 12.2. The van der Waals surface area contributed by atoms with Gasteiger partial charge in [-0.2, -0.15) is 0 Å². The number of nitrogens with zero attached hydrogens (tertiary/aromatic N) is 2. The summed E-state index contributed by atoms with van der Waals surface area (Å²) < 4.78 is 26.7. The summed E-state index contributed by atoms with van der Waals surface area (Å²) in [5, 5.41) is 3.07. The fourth-order valence-corrected chi connectivity index (χ4v) is 2.89. The molecule has 0 fully saturated rings. The highest BCUT2D eigenvalue weighted by atomic mass is 32.1. The number of hydrogen-bond donors (Lipinski definition) is 2. The van der Waals surface area contributed by atoms with Crippen LogP contribution in [-0.4, -0.2) is 22.4 Å². The van der Waals surface area contributed by atoms with E-state index in [-0.39, 0.29) is 16.1 Å². The van der Waals surface area contributed by atoms with Crippen LogP contribution in [0.2, 0.25) is 0 Å². The predicted octanol–water partition coefficient (Wildman–Crippen LogP) is 3.37. The third kappa shape index (κ3) is 3.38. The van der Waals surface area contributed by atoms with Crippen LogP contribution in [0.3, 0.4) is 0 Å². The van der Waals surface area contributed by atoms with Gasteiger partial charge in [-0.25, -0.2) is 18.7 Å². The lowest BCUT2D eigenvalue weighted by atomic mass is 10.1. The number of nitrogens with two attached hydrogens (primary N) is 1. The Morgan fingerprint density at radius 1 is 1.50 bits per heavy atom. The number of primary amides is 1. The molecule has 5 nitrogen and oxygen atoms in total. The van der Waals surface area contributed by atoms with Crippen molar-refractivity contribution in [2.75, 3.05) is 11.9 Å². The normalized spacial score (nSPS) is 11.0. The Balaban J connectivity index is 2.48. The van der Waals surface area contributed by atoms with Crippen molar-refractivity contribution in [1.29, 1.82) is 0 Å². The smallest absolute Gasteiger partial charge is 0.277 e. The number of carbonyl (C=O) groups excluding carboxylic acids is 1. The van der Waals surface area contributed by atoms with E-state index in [0.29, 0.717) is 22.9 Å². The van der Waals surface area contributed by atoms with Crippen LogP contribution in [0, 0.1) is 6.92 Å². The molecule has 0 aromatic carbocycles. The average molecular weight is 326 g/mol. The highest BCUT2D eigenvalue weighted by Gasteiger charge is 2.21. The van der Waals surface area contributed by atoms with Crippen molar-refractivity contribution in [3.8, 4) is 10.4 Å². The first-order chi connectivity index (χ1) is 10.4. The zero-order valence-corrected chi connectivity index (χ0v) is 13.0. The fraction of sp³-hybridized carbons (Fsp3) is 0.357. The molecule has 0 aliphatic carbocycles. The first kappa shape index (κ1) is 16.3. The molecule has 0 aliphatic heterocycles. The van der Waals surface area contributed by atoms with Crippen molar-refractivity contribution in [3.63, 3.8) is 0 Å². The number of hydrogen-bond acceptors (Lipinski definition) is 5. The molecule has 8 heteroatoms. The Hall–Kier alpha value is -2.09. The quantitative estimate of drug-likeness (QED) is 0.853. The second-order valence-electron chi connectivity index (χ2n) is 4.68. The van der Waals surface area contributed by atoms with Crippen molar-refractivity contribution in [2.45, 2.75) is 26.7 Å². The van der Waals surface area contributed by atoms with E-state index in [4.69, 9.17) is 5.73 Å². The minimum absolute atomic E-state index is 0.0981. The number of amides is 1. The van der Waals surface area contributed by atoms with Crippen molar-refractivity contribution in [2.24, 2.45) is 5.73 Å². The van der Waals surface area contributed by atoms with E-state index in [1.54, 1.807) is 6.92 Å². The maximum absolute atomic E-state index is 13.3. The molecule has 22 heavy (non-hydrogen) atoms. The van der Waals surface area contributed by atoms with Gasteiger partial charge < -0.3 is 11.1 Å². The molecule has 0 spiro atoms. The van der Waals surface area contributed by atoms with Gasteiger partial charge in [0.1, 0.15) is 5.82 Å². The van der Waals surface area contributed by atoms with Gasteiger partial charge in [0.2, 0.25) is 0 Å². The molecule has 0 atom stereocenters. The minimum Gasteiger partial charge on any atom is -0.370 e. The molecule has 3 N–H and O–H groups in total.